The number of hydrogen-bond acceptors (Lipinski definition) is 3. The first-order chi connectivity index (χ1) is 12.4. The molecule has 0 aromatic heterocycles. The van der Waals surface area contributed by atoms with Gasteiger partial charge in [-0.15, -0.1) is 0 Å². The highest BCUT2D eigenvalue weighted by atomic mass is 35.5. The number of carbonyl (C=O) groups excluding carboxylic acids is 2. The molecule has 0 saturated carbocycles. The smallest absolute Gasteiger partial charge is 0.246 e. The van der Waals surface area contributed by atoms with Crippen molar-refractivity contribution < 1.29 is 14.0 Å². The van der Waals surface area contributed by atoms with E-state index in [0.717, 1.165) is 18.2 Å². The Morgan fingerprint density at radius 1 is 1.27 bits per heavy atom. The van der Waals surface area contributed by atoms with E-state index >= 15 is 0 Å². The van der Waals surface area contributed by atoms with Crippen molar-refractivity contribution in [2.45, 2.75) is 25.8 Å². The van der Waals surface area contributed by atoms with E-state index in [-0.39, 0.29) is 22.5 Å². The first kappa shape index (κ1) is 18.2. The summed E-state index contributed by atoms with van der Waals surface area (Å²) in [6.45, 7) is 2.38. The lowest BCUT2D eigenvalue weighted by Gasteiger charge is -2.19. The molecule has 136 valence electrons. The van der Waals surface area contributed by atoms with Crippen molar-refractivity contribution in [2.75, 3.05) is 22.1 Å². The van der Waals surface area contributed by atoms with E-state index in [9.17, 15) is 14.0 Å². The highest BCUT2D eigenvalue weighted by Gasteiger charge is 2.22. The summed E-state index contributed by atoms with van der Waals surface area (Å²) < 4.78 is 13.8. The van der Waals surface area contributed by atoms with Crippen LogP contribution in [0.15, 0.2) is 42.5 Å². The number of benzene rings is 2. The van der Waals surface area contributed by atoms with E-state index in [2.05, 4.69) is 10.6 Å². The van der Waals surface area contributed by atoms with Crippen LogP contribution in [0.5, 0.6) is 0 Å². The molecule has 2 aromatic carbocycles. The Kier molecular flexibility index (Phi) is 5.42. The minimum atomic E-state index is -0.602. The van der Waals surface area contributed by atoms with Crippen LogP contribution in [-0.4, -0.2) is 24.4 Å². The molecule has 1 unspecified atom stereocenters. The summed E-state index contributed by atoms with van der Waals surface area (Å²) in [5.41, 5.74) is 1.58. The summed E-state index contributed by atoms with van der Waals surface area (Å²) in [6, 6.07) is 10.8. The molecule has 5 nitrogen and oxygen atoms in total. The van der Waals surface area contributed by atoms with E-state index in [1.54, 1.807) is 11.8 Å². The molecule has 2 amide bonds. The third-order valence-electron chi connectivity index (χ3n) is 4.20. The Bertz CT molecular complexity index is 843. The Balaban J connectivity index is 1.66. The number of halogens is 2. The van der Waals surface area contributed by atoms with Gasteiger partial charge >= 0.3 is 0 Å². The fraction of sp³-hybridized carbons (Fsp3) is 0.263. The summed E-state index contributed by atoms with van der Waals surface area (Å²) in [5.74, 6) is -0.868. The summed E-state index contributed by atoms with van der Waals surface area (Å²) in [4.78, 5) is 25.9. The highest BCUT2D eigenvalue weighted by molar-refractivity contribution is 6.30. The zero-order valence-corrected chi connectivity index (χ0v) is 15.0. The van der Waals surface area contributed by atoms with E-state index in [4.69, 9.17) is 11.6 Å². The second kappa shape index (κ2) is 7.74. The van der Waals surface area contributed by atoms with Crippen molar-refractivity contribution in [1.82, 2.24) is 0 Å². The van der Waals surface area contributed by atoms with Gasteiger partial charge in [0, 0.05) is 29.4 Å². The van der Waals surface area contributed by atoms with E-state index in [1.165, 1.54) is 12.1 Å². The Morgan fingerprint density at radius 2 is 2.08 bits per heavy atom. The Labute approximate surface area is 156 Å². The average molecular weight is 376 g/mol. The summed E-state index contributed by atoms with van der Waals surface area (Å²) in [5, 5.41) is 5.87. The van der Waals surface area contributed by atoms with Gasteiger partial charge in [-0.05, 0) is 49.7 Å². The van der Waals surface area contributed by atoms with Crippen LogP contribution in [0, 0.1) is 5.82 Å². The fourth-order valence-electron chi connectivity index (χ4n) is 2.83. The molecule has 0 bridgehead atoms. The molecular weight excluding hydrogens is 357 g/mol. The average Bonchev–Trinajstić information content (AvgIpc) is 3.03. The zero-order valence-electron chi connectivity index (χ0n) is 14.3. The summed E-state index contributed by atoms with van der Waals surface area (Å²) >= 11 is 5.71. The van der Waals surface area contributed by atoms with Crippen LogP contribution >= 0.6 is 11.6 Å². The molecule has 1 heterocycles. The molecule has 0 aliphatic carbocycles. The molecule has 1 atom stereocenters. The molecule has 2 aromatic rings. The van der Waals surface area contributed by atoms with Crippen molar-refractivity contribution in [1.29, 1.82) is 0 Å². The first-order valence-electron chi connectivity index (χ1n) is 8.37. The lowest BCUT2D eigenvalue weighted by Crippen LogP contribution is -2.32. The minimum Gasteiger partial charge on any atom is -0.374 e. The largest absolute Gasteiger partial charge is 0.374 e. The number of carbonyl (C=O) groups is 2. The molecule has 0 radical (unpaired) electrons. The summed E-state index contributed by atoms with van der Waals surface area (Å²) in [6.07, 6.45) is 1.41. The van der Waals surface area contributed by atoms with Crippen LogP contribution in [0.3, 0.4) is 0 Å². The van der Waals surface area contributed by atoms with E-state index in [0.29, 0.717) is 18.7 Å². The molecule has 7 heteroatoms. The van der Waals surface area contributed by atoms with Gasteiger partial charge in [0.25, 0.3) is 0 Å². The van der Waals surface area contributed by atoms with Gasteiger partial charge < -0.3 is 15.5 Å². The molecule has 1 aliphatic heterocycles. The van der Waals surface area contributed by atoms with Crippen LogP contribution in [0.2, 0.25) is 5.02 Å². The highest BCUT2D eigenvalue weighted by Crippen LogP contribution is 2.25. The van der Waals surface area contributed by atoms with Crippen LogP contribution in [0.1, 0.15) is 19.8 Å². The third-order valence-corrected chi connectivity index (χ3v) is 4.43. The van der Waals surface area contributed by atoms with Crippen molar-refractivity contribution in [3.63, 3.8) is 0 Å². The second-order valence-corrected chi connectivity index (χ2v) is 6.62. The van der Waals surface area contributed by atoms with Crippen LogP contribution in [0.4, 0.5) is 21.5 Å². The maximum Gasteiger partial charge on any atom is 0.246 e. The Hall–Kier alpha value is -2.60. The molecule has 1 fully saturated rings. The van der Waals surface area contributed by atoms with Gasteiger partial charge in [0.2, 0.25) is 11.8 Å². The van der Waals surface area contributed by atoms with E-state index < -0.39 is 11.9 Å². The number of nitrogens with zero attached hydrogens (tertiary/aromatic N) is 1. The van der Waals surface area contributed by atoms with Gasteiger partial charge in [0.15, 0.2) is 0 Å². The molecule has 2 N–H and O–H groups in total. The topological polar surface area (TPSA) is 61.4 Å². The van der Waals surface area contributed by atoms with Crippen LogP contribution in [-0.2, 0) is 9.59 Å². The van der Waals surface area contributed by atoms with Gasteiger partial charge in [-0.25, -0.2) is 4.39 Å². The van der Waals surface area contributed by atoms with Crippen molar-refractivity contribution in [3.8, 4) is 0 Å². The lowest BCUT2D eigenvalue weighted by molar-refractivity contribution is -0.117. The van der Waals surface area contributed by atoms with Gasteiger partial charge in [-0.1, -0.05) is 17.7 Å². The second-order valence-electron chi connectivity index (χ2n) is 6.18. The van der Waals surface area contributed by atoms with Gasteiger partial charge in [-0.2, -0.15) is 0 Å². The monoisotopic (exact) mass is 375 g/mol. The molecule has 0 spiro atoms. The predicted molar refractivity (Wildman–Crippen MR) is 101 cm³/mol. The summed E-state index contributed by atoms with van der Waals surface area (Å²) in [7, 11) is 0. The van der Waals surface area contributed by atoms with Crippen molar-refractivity contribution >= 4 is 40.5 Å². The molecule has 1 saturated heterocycles. The SMILES string of the molecule is CC(Nc1cccc(N2CCCC2=O)c1)C(=O)Nc1ccc(Cl)cc1F. The number of hydrogen-bond donors (Lipinski definition) is 2. The molecule has 1 aliphatic rings. The van der Waals surface area contributed by atoms with Crippen molar-refractivity contribution in [3.05, 3.63) is 53.3 Å². The molecule has 26 heavy (non-hydrogen) atoms. The number of anilines is 3. The quantitative estimate of drug-likeness (QED) is 0.828. The van der Waals surface area contributed by atoms with Crippen LogP contribution in [0.25, 0.3) is 0 Å². The third kappa shape index (κ3) is 4.14. The number of amides is 2. The van der Waals surface area contributed by atoms with Crippen molar-refractivity contribution in [2.24, 2.45) is 0 Å². The van der Waals surface area contributed by atoms with Gasteiger partial charge in [0.1, 0.15) is 11.9 Å². The lowest BCUT2D eigenvalue weighted by atomic mass is 10.2. The van der Waals surface area contributed by atoms with E-state index in [1.807, 2.05) is 24.3 Å². The maximum absolute atomic E-state index is 13.8. The normalized spacial score (nSPS) is 15.0. The maximum atomic E-state index is 13.8. The number of rotatable bonds is 5. The molecular formula is C19H19ClFN3O2. The Morgan fingerprint density at radius 3 is 2.77 bits per heavy atom. The molecule has 3 rings (SSSR count). The first-order valence-corrected chi connectivity index (χ1v) is 8.75. The minimum absolute atomic E-state index is 0.0736. The predicted octanol–water partition coefficient (Wildman–Crippen LogP) is 4.05. The van der Waals surface area contributed by atoms with Gasteiger partial charge in [-0.3, -0.25) is 9.59 Å². The van der Waals surface area contributed by atoms with Crippen LogP contribution < -0.4 is 15.5 Å². The zero-order chi connectivity index (χ0) is 18.7. The fourth-order valence-corrected chi connectivity index (χ4v) is 2.99. The number of nitrogens with one attached hydrogen (secondary N) is 2. The van der Waals surface area contributed by atoms with Gasteiger partial charge in [0.05, 0.1) is 5.69 Å². The standard InChI is InChI=1S/C19H19ClFN3O2/c1-12(19(26)23-17-8-7-13(20)10-16(17)21)22-14-4-2-5-15(11-14)24-9-3-6-18(24)25/h2,4-5,7-8,10-12,22H,3,6,9H2,1H3,(H,23,26).